The van der Waals surface area contributed by atoms with Gasteiger partial charge in [-0.25, -0.2) is 13.1 Å². The molecule has 1 atom stereocenters. The second-order valence-corrected chi connectivity index (χ2v) is 8.05. The molecule has 1 aliphatic rings. The van der Waals surface area contributed by atoms with Gasteiger partial charge >= 0.3 is 0 Å². The summed E-state index contributed by atoms with van der Waals surface area (Å²) in [6.07, 6.45) is 1.99. The molecular weight excluding hydrogens is 316 g/mol. The van der Waals surface area contributed by atoms with E-state index in [9.17, 15) is 13.5 Å². The monoisotopic (exact) mass is 336 g/mol. The number of rotatable bonds is 4. The third kappa shape index (κ3) is 2.89. The molecule has 1 unspecified atom stereocenters. The Morgan fingerprint density at radius 3 is 2.57 bits per heavy atom. The third-order valence-corrected chi connectivity index (χ3v) is 5.97. The fourth-order valence-electron chi connectivity index (χ4n) is 2.66. The van der Waals surface area contributed by atoms with Gasteiger partial charge in [0.2, 0.25) is 10.0 Å². The van der Waals surface area contributed by atoms with Gasteiger partial charge < -0.3 is 5.11 Å². The van der Waals surface area contributed by atoms with Gasteiger partial charge in [0.05, 0.1) is 11.1 Å². The standard InChI is InChI=1S/C15H20N4O3S/c1-12(2)19-10-14(16-17-19)15(20)8-9-18(11-15)23(21,22)13-6-4-3-5-7-13/h3-7,10,12,20H,8-9,11H2,1-2H3. The van der Waals surface area contributed by atoms with Gasteiger partial charge in [0.1, 0.15) is 11.3 Å². The molecule has 0 aliphatic carbocycles. The molecule has 23 heavy (non-hydrogen) atoms. The van der Waals surface area contributed by atoms with Crippen LogP contribution in [-0.4, -0.2) is 45.9 Å². The van der Waals surface area contributed by atoms with Crippen LogP contribution in [0.25, 0.3) is 0 Å². The van der Waals surface area contributed by atoms with Crippen molar-refractivity contribution in [3.63, 3.8) is 0 Å². The van der Waals surface area contributed by atoms with Crippen molar-refractivity contribution in [2.45, 2.75) is 36.8 Å². The summed E-state index contributed by atoms with van der Waals surface area (Å²) < 4.78 is 28.2. The van der Waals surface area contributed by atoms with E-state index in [0.717, 1.165) is 0 Å². The van der Waals surface area contributed by atoms with Gasteiger partial charge in [-0.3, -0.25) is 0 Å². The first-order chi connectivity index (χ1) is 10.8. The summed E-state index contributed by atoms with van der Waals surface area (Å²) in [5, 5.41) is 18.8. The molecule has 1 N–H and O–H groups in total. The zero-order valence-corrected chi connectivity index (χ0v) is 13.9. The summed E-state index contributed by atoms with van der Waals surface area (Å²) in [5.74, 6) is 0. The maximum atomic E-state index is 12.6. The first-order valence-electron chi connectivity index (χ1n) is 7.53. The molecule has 0 radical (unpaired) electrons. The molecule has 1 aromatic carbocycles. The van der Waals surface area contributed by atoms with E-state index in [1.807, 2.05) is 13.8 Å². The molecule has 8 heteroatoms. The van der Waals surface area contributed by atoms with Crippen LogP contribution in [-0.2, 0) is 15.6 Å². The molecule has 0 saturated carbocycles. The largest absolute Gasteiger partial charge is 0.382 e. The Morgan fingerprint density at radius 2 is 1.96 bits per heavy atom. The topological polar surface area (TPSA) is 88.3 Å². The Balaban J connectivity index is 1.85. The Hall–Kier alpha value is -1.77. The van der Waals surface area contributed by atoms with Crippen molar-refractivity contribution in [2.24, 2.45) is 0 Å². The fraction of sp³-hybridized carbons (Fsp3) is 0.467. The minimum absolute atomic E-state index is 0.0129. The van der Waals surface area contributed by atoms with Gasteiger partial charge in [0.25, 0.3) is 0 Å². The van der Waals surface area contributed by atoms with Gasteiger partial charge in [0.15, 0.2) is 0 Å². The number of benzene rings is 1. The average molecular weight is 336 g/mol. The van der Waals surface area contributed by atoms with Crippen molar-refractivity contribution >= 4 is 10.0 Å². The molecule has 1 aromatic heterocycles. The molecule has 0 spiro atoms. The second-order valence-electron chi connectivity index (χ2n) is 6.11. The summed E-state index contributed by atoms with van der Waals surface area (Å²) in [4.78, 5) is 0.232. The molecule has 2 heterocycles. The van der Waals surface area contributed by atoms with E-state index in [0.29, 0.717) is 12.1 Å². The van der Waals surface area contributed by atoms with Gasteiger partial charge in [-0.15, -0.1) is 5.10 Å². The SMILES string of the molecule is CC(C)n1cc(C2(O)CCN(S(=O)(=O)c3ccccc3)C2)nn1. The lowest BCUT2D eigenvalue weighted by atomic mass is 10.00. The lowest BCUT2D eigenvalue weighted by Crippen LogP contribution is -2.34. The van der Waals surface area contributed by atoms with Crippen LogP contribution in [0, 0.1) is 0 Å². The van der Waals surface area contributed by atoms with Crippen molar-refractivity contribution in [3.05, 3.63) is 42.2 Å². The number of β-amino-alcohol motifs (C(OH)–C–C–N with tert-alkyl or cyclic N) is 1. The molecular formula is C15H20N4O3S. The third-order valence-electron chi connectivity index (χ3n) is 4.11. The van der Waals surface area contributed by atoms with Crippen molar-refractivity contribution in [2.75, 3.05) is 13.1 Å². The number of hydrogen-bond acceptors (Lipinski definition) is 5. The highest BCUT2D eigenvalue weighted by Crippen LogP contribution is 2.33. The van der Waals surface area contributed by atoms with Gasteiger partial charge in [-0.05, 0) is 32.4 Å². The van der Waals surface area contributed by atoms with E-state index in [1.165, 1.54) is 4.31 Å². The maximum Gasteiger partial charge on any atom is 0.243 e. The van der Waals surface area contributed by atoms with Crippen LogP contribution >= 0.6 is 0 Å². The van der Waals surface area contributed by atoms with Gasteiger partial charge in [0, 0.05) is 19.1 Å². The van der Waals surface area contributed by atoms with E-state index in [4.69, 9.17) is 0 Å². The van der Waals surface area contributed by atoms with E-state index < -0.39 is 15.6 Å². The number of hydrogen-bond donors (Lipinski definition) is 1. The zero-order chi connectivity index (χ0) is 16.7. The first kappa shape index (κ1) is 16.1. The van der Waals surface area contributed by atoms with Crippen molar-refractivity contribution in [1.29, 1.82) is 0 Å². The molecule has 1 fully saturated rings. The zero-order valence-electron chi connectivity index (χ0n) is 13.1. The minimum atomic E-state index is -3.61. The second kappa shape index (κ2) is 5.70. The number of aromatic nitrogens is 3. The normalized spacial score (nSPS) is 22.8. The molecule has 1 saturated heterocycles. The predicted octanol–water partition coefficient (Wildman–Crippen LogP) is 1.14. The Morgan fingerprint density at radius 1 is 1.26 bits per heavy atom. The van der Waals surface area contributed by atoms with E-state index in [1.54, 1.807) is 41.2 Å². The Labute approximate surface area is 135 Å². The Bertz CT molecular complexity index is 788. The van der Waals surface area contributed by atoms with Crippen LogP contribution in [0.5, 0.6) is 0 Å². The van der Waals surface area contributed by atoms with Gasteiger partial charge in [-0.1, -0.05) is 23.4 Å². The lowest BCUT2D eigenvalue weighted by Gasteiger charge is -2.21. The Kier molecular flexibility index (Phi) is 3.99. The van der Waals surface area contributed by atoms with E-state index in [-0.39, 0.29) is 24.0 Å². The molecule has 3 rings (SSSR count). The molecule has 0 amide bonds. The highest BCUT2D eigenvalue weighted by atomic mass is 32.2. The molecule has 1 aliphatic heterocycles. The molecule has 7 nitrogen and oxygen atoms in total. The highest BCUT2D eigenvalue weighted by Gasteiger charge is 2.44. The van der Waals surface area contributed by atoms with Crippen LogP contribution in [0.3, 0.4) is 0 Å². The summed E-state index contributed by atoms with van der Waals surface area (Å²) in [5.41, 5.74) is -0.883. The molecule has 0 bridgehead atoms. The number of sulfonamides is 1. The van der Waals surface area contributed by atoms with E-state index in [2.05, 4.69) is 10.3 Å². The van der Waals surface area contributed by atoms with E-state index >= 15 is 0 Å². The van der Waals surface area contributed by atoms with Crippen molar-refractivity contribution < 1.29 is 13.5 Å². The van der Waals surface area contributed by atoms with Crippen LogP contribution < -0.4 is 0 Å². The maximum absolute atomic E-state index is 12.6. The van der Waals surface area contributed by atoms with Crippen LogP contribution in [0.4, 0.5) is 0 Å². The number of nitrogens with zero attached hydrogens (tertiary/aromatic N) is 4. The summed E-state index contributed by atoms with van der Waals surface area (Å²) in [6.45, 7) is 4.16. The lowest BCUT2D eigenvalue weighted by molar-refractivity contribution is 0.0484. The van der Waals surface area contributed by atoms with Crippen molar-refractivity contribution in [3.8, 4) is 0 Å². The quantitative estimate of drug-likeness (QED) is 0.904. The summed E-state index contributed by atoms with van der Waals surface area (Å²) in [6, 6.07) is 8.38. The first-order valence-corrected chi connectivity index (χ1v) is 8.97. The number of aliphatic hydroxyl groups is 1. The summed E-state index contributed by atoms with van der Waals surface area (Å²) >= 11 is 0. The smallest absolute Gasteiger partial charge is 0.243 e. The predicted molar refractivity (Wildman–Crippen MR) is 84.1 cm³/mol. The van der Waals surface area contributed by atoms with Crippen LogP contribution in [0.15, 0.2) is 41.4 Å². The molecule has 2 aromatic rings. The molecule has 124 valence electrons. The average Bonchev–Trinajstić information content (AvgIpc) is 3.16. The van der Waals surface area contributed by atoms with Crippen LogP contribution in [0.1, 0.15) is 32.0 Å². The summed E-state index contributed by atoms with van der Waals surface area (Å²) in [7, 11) is -3.61. The van der Waals surface area contributed by atoms with Gasteiger partial charge in [-0.2, -0.15) is 4.31 Å². The van der Waals surface area contributed by atoms with Crippen molar-refractivity contribution in [1.82, 2.24) is 19.3 Å². The fourth-order valence-corrected chi connectivity index (χ4v) is 4.17. The van der Waals surface area contributed by atoms with Crippen LogP contribution in [0.2, 0.25) is 0 Å². The minimum Gasteiger partial charge on any atom is -0.382 e. The highest BCUT2D eigenvalue weighted by molar-refractivity contribution is 7.89.